The fraction of sp³-hybridized carbons (Fsp3) is 0.0769. The third-order valence-electron chi connectivity index (χ3n) is 2.71. The predicted molar refractivity (Wildman–Crippen MR) is 71.6 cm³/mol. The van der Waals surface area contributed by atoms with Crippen molar-refractivity contribution in [2.75, 3.05) is 5.32 Å². The minimum Gasteiger partial charge on any atom is -0.422 e. The zero-order chi connectivity index (χ0) is 14.1. The maximum Gasteiger partial charge on any atom is 0.349 e. The molecule has 0 spiro atoms. The molecule has 0 aliphatic rings. The fourth-order valence-corrected chi connectivity index (χ4v) is 1.79. The summed E-state index contributed by atoms with van der Waals surface area (Å²) in [6, 6.07) is 8.45. The van der Waals surface area contributed by atoms with Crippen LogP contribution in [0, 0.1) is 6.92 Å². The monoisotopic (exact) mass is 270 g/mol. The van der Waals surface area contributed by atoms with Crippen molar-refractivity contribution in [3.05, 3.63) is 52.1 Å². The van der Waals surface area contributed by atoms with Crippen LogP contribution >= 0.6 is 0 Å². The second-order valence-electron chi connectivity index (χ2n) is 4.18. The van der Waals surface area contributed by atoms with Gasteiger partial charge >= 0.3 is 5.63 Å². The summed E-state index contributed by atoms with van der Waals surface area (Å²) in [5, 5.41) is 9.47. The molecule has 0 aliphatic carbocycles. The van der Waals surface area contributed by atoms with Gasteiger partial charge in [0.15, 0.2) is 0 Å². The molecule has 0 saturated carbocycles. The molecular formula is C13H10N4O3. The first kappa shape index (κ1) is 12.1. The van der Waals surface area contributed by atoms with E-state index in [1.807, 2.05) is 0 Å². The zero-order valence-corrected chi connectivity index (χ0v) is 10.5. The smallest absolute Gasteiger partial charge is 0.349 e. The minimum atomic E-state index is -0.701. The van der Waals surface area contributed by atoms with Crippen LogP contribution < -0.4 is 10.9 Å². The van der Waals surface area contributed by atoms with E-state index >= 15 is 0 Å². The number of para-hydroxylation sites is 1. The van der Waals surface area contributed by atoms with Crippen molar-refractivity contribution < 1.29 is 9.21 Å². The molecule has 3 aromatic rings. The molecule has 0 saturated heterocycles. The number of anilines is 1. The topological polar surface area (TPSA) is 101 Å². The average Bonchev–Trinajstić information content (AvgIpc) is 2.83. The number of carbonyl (C=O) groups excluding carboxylic acids is 1. The van der Waals surface area contributed by atoms with E-state index in [-0.39, 0.29) is 11.5 Å². The Hall–Kier alpha value is -2.96. The number of hydrogen-bond donors (Lipinski definition) is 2. The van der Waals surface area contributed by atoms with E-state index in [1.165, 1.54) is 6.07 Å². The Balaban J connectivity index is 1.98. The quantitative estimate of drug-likeness (QED) is 0.687. The summed E-state index contributed by atoms with van der Waals surface area (Å²) >= 11 is 0. The summed E-state index contributed by atoms with van der Waals surface area (Å²) in [4.78, 5) is 27.8. The van der Waals surface area contributed by atoms with Gasteiger partial charge in [0.25, 0.3) is 5.91 Å². The van der Waals surface area contributed by atoms with Crippen LogP contribution in [-0.2, 0) is 0 Å². The molecule has 0 bridgehead atoms. The Morgan fingerprint density at radius 1 is 1.35 bits per heavy atom. The largest absolute Gasteiger partial charge is 0.422 e. The van der Waals surface area contributed by atoms with Gasteiger partial charge < -0.3 is 4.42 Å². The lowest BCUT2D eigenvalue weighted by Gasteiger charge is -2.01. The van der Waals surface area contributed by atoms with Gasteiger partial charge in [-0.3, -0.25) is 15.2 Å². The molecule has 100 valence electrons. The SMILES string of the molecule is Cc1nc(NC(=O)c2cc3ccccc3oc2=O)n[nH]1. The number of hydrogen-bond acceptors (Lipinski definition) is 5. The van der Waals surface area contributed by atoms with Gasteiger partial charge in [-0.1, -0.05) is 18.2 Å². The maximum atomic E-state index is 12.0. The van der Waals surface area contributed by atoms with Crippen LogP contribution in [0.25, 0.3) is 11.0 Å². The van der Waals surface area contributed by atoms with Gasteiger partial charge in [-0.15, -0.1) is 5.10 Å². The molecule has 1 amide bonds. The highest BCUT2D eigenvalue weighted by Crippen LogP contribution is 2.13. The number of aromatic amines is 1. The van der Waals surface area contributed by atoms with Crippen molar-refractivity contribution in [2.24, 2.45) is 0 Å². The highest BCUT2D eigenvalue weighted by Gasteiger charge is 2.15. The number of aryl methyl sites for hydroxylation is 1. The van der Waals surface area contributed by atoms with Gasteiger partial charge in [0.2, 0.25) is 5.95 Å². The fourth-order valence-electron chi connectivity index (χ4n) is 1.79. The number of benzene rings is 1. The molecule has 7 heteroatoms. The van der Waals surface area contributed by atoms with Crippen molar-refractivity contribution in [1.82, 2.24) is 15.2 Å². The maximum absolute atomic E-state index is 12.0. The molecule has 0 unspecified atom stereocenters. The standard InChI is InChI=1S/C13H10N4O3/c1-7-14-13(17-16-7)15-11(18)9-6-8-4-2-3-5-10(8)20-12(9)19/h2-6H,1H3,(H2,14,15,16,17,18). The lowest BCUT2D eigenvalue weighted by molar-refractivity contribution is 0.102. The van der Waals surface area contributed by atoms with E-state index in [9.17, 15) is 9.59 Å². The number of rotatable bonds is 2. The van der Waals surface area contributed by atoms with Crippen LogP contribution in [0.4, 0.5) is 5.95 Å². The first-order valence-corrected chi connectivity index (χ1v) is 5.87. The first-order valence-electron chi connectivity index (χ1n) is 5.87. The van der Waals surface area contributed by atoms with Gasteiger partial charge in [0, 0.05) is 5.39 Å². The Bertz CT molecular complexity index is 850. The van der Waals surface area contributed by atoms with E-state index in [2.05, 4.69) is 20.5 Å². The Kier molecular flexibility index (Phi) is 2.79. The van der Waals surface area contributed by atoms with Crippen molar-refractivity contribution in [3.63, 3.8) is 0 Å². The highest BCUT2D eigenvalue weighted by molar-refractivity contribution is 6.04. The van der Waals surface area contributed by atoms with Gasteiger partial charge in [-0.25, -0.2) is 4.79 Å². The number of nitrogens with one attached hydrogen (secondary N) is 2. The third-order valence-corrected chi connectivity index (χ3v) is 2.71. The van der Waals surface area contributed by atoms with Crippen molar-refractivity contribution in [2.45, 2.75) is 6.92 Å². The van der Waals surface area contributed by atoms with Crippen LogP contribution in [-0.4, -0.2) is 21.1 Å². The van der Waals surface area contributed by atoms with E-state index in [1.54, 1.807) is 31.2 Å². The number of aromatic nitrogens is 3. The number of fused-ring (bicyclic) bond motifs is 1. The Labute approximate surface area is 112 Å². The number of H-pyrrole nitrogens is 1. The molecule has 0 atom stereocenters. The Morgan fingerprint density at radius 3 is 2.90 bits per heavy atom. The van der Waals surface area contributed by atoms with E-state index in [0.717, 1.165) is 0 Å². The van der Waals surface area contributed by atoms with E-state index in [4.69, 9.17) is 4.42 Å². The summed E-state index contributed by atoms with van der Waals surface area (Å²) in [5.41, 5.74) is -0.359. The molecule has 7 nitrogen and oxygen atoms in total. The third kappa shape index (κ3) is 2.16. The summed E-state index contributed by atoms with van der Waals surface area (Å²) < 4.78 is 5.09. The lowest BCUT2D eigenvalue weighted by atomic mass is 10.2. The number of amides is 1. The van der Waals surface area contributed by atoms with Crippen LogP contribution in [0.3, 0.4) is 0 Å². The van der Waals surface area contributed by atoms with Gasteiger partial charge in [-0.2, -0.15) is 4.98 Å². The van der Waals surface area contributed by atoms with Gasteiger partial charge in [-0.05, 0) is 19.1 Å². The minimum absolute atomic E-state index is 0.0915. The number of nitrogens with zero attached hydrogens (tertiary/aromatic N) is 2. The van der Waals surface area contributed by atoms with Crippen molar-refractivity contribution >= 4 is 22.8 Å². The molecular weight excluding hydrogens is 260 g/mol. The summed E-state index contributed by atoms with van der Waals surface area (Å²) in [5.74, 6) is 0.0643. The molecule has 2 heterocycles. The molecule has 2 aromatic heterocycles. The molecule has 0 fully saturated rings. The molecule has 0 aliphatic heterocycles. The van der Waals surface area contributed by atoms with Crippen molar-refractivity contribution in [1.29, 1.82) is 0 Å². The van der Waals surface area contributed by atoms with Gasteiger partial charge in [0.05, 0.1) is 0 Å². The second-order valence-corrected chi connectivity index (χ2v) is 4.18. The molecule has 0 radical (unpaired) electrons. The molecule has 2 N–H and O–H groups in total. The molecule has 20 heavy (non-hydrogen) atoms. The molecule has 1 aromatic carbocycles. The van der Waals surface area contributed by atoms with Crippen LogP contribution in [0.15, 0.2) is 39.5 Å². The lowest BCUT2D eigenvalue weighted by Crippen LogP contribution is -2.21. The van der Waals surface area contributed by atoms with E-state index < -0.39 is 11.5 Å². The second kappa shape index (κ2) is 4.61. The van der Waals surface area contributed by atoms with Crippen LogP contribution in [0.1, 0.15) is 16.2 Å². The Morgan fingerprint density at radius 2 is 2.15 bits per heavy atom. The highest BCUT2D eigenvalue weighted by atomic mass is 16.4. The molecule has 3 rings (SSSR count). The zero-order valence-electron chi connectivity index (χ0n) is 10.5. The van der Waals surface area contributed by atoms with Crippen molar-refractivity contribution in [3.8, 4) is 0 Å². The van der Waals surface area contributed by atoms with Crippen LogP contribution in [0.5, 0.6) is 0 Å². The first-order chi connectivity index (χ1) is 9.63. The van der Waals surface area contributed by atoms with Gasteiger partial charge in [0.1, 0.15) is 17.0 Å². The summed E-state index contributed by atoms with van der Waals surface area (Å²) in [6.45, 7) is 1.70. The van der Waals surface area contributed by atoms with Crippen LogP contribution in [0.2, 0.25) is 0 Å². The average molecular weight is 270 g/mol. The normalized spacial score (nSPS) is 10.7. The predicted octanol–water partition coefficient (Wildman–Crippen LogP) is 1.47. The van der Waals surface area contributed by atoms with E-state index in [0.29, 0.717) is 16.8 Å². The summed E-state index contributed by atoms with van der Waals surface area (Å²) in [7, 11) is 0. The summed E-state index contributed by atoms with van der Waals surface area (Å²) in [6.07, 6.45) is 0. The number of carbonyl (C=O) groups is 1.